The maximum Gasteiger partial charge on any atom is 0.191 e. The summed E-state index contributed by atoms with van der Waals surface area (Å²) in [6.07, 6.45) is 5.58. The first-order chi connectivity index (χ1) is 14.3. The van der Waals surface area contributed by atoms with Crippen molar-refractivity contribution in [2.45, 2.75) is 45.4 Å². The SMILES string of the molecule is CCOCc1ccccc1CNC(=NC)NCC(c1ccco1)N1CCCCC1.I. The molecule has 6 nitrogen and oxygen atoms in total. The fourth-order valence-corrected chi connectivity index (χ4v) is 3.80. The lowest BCUT2D eigenvalue weighted by Gasteiger charge is -2.33. The van der Waals surface area contributed by atoms with E-state index in [4.69, 9.17) is 9.15 Å². The number of rotatable bonds is 9. The van der Waals surface area contributed by atoms with Crippen molar-refractivity contribution >= 4 is 29.9 Å². The van der Waals surface area contributed by atoms with Crippen LogP contribution in [0.1, 0.15) is 49.1 Å². The van der Waals surface area contributed by atoms with Crippen LogP contribution in [0.25, 0.3) is 0 Å². The van der Waals surface area contributed by atoms with E-state index in [1.807, 2.05) is 20.0 Å². The van der Waals surface area contributed by atoms with Crippen LogP contribution in [0.15, 0.2) is 52.1 Å². The first-order valence-electron chi connectivity index (χ1n) is 10.7. The summed E-state index contributed by atoms with van der Waals surface area (Å²) in [4.78, 5) is 6.92. The Morgan fingerprint density at radius 3 is 2.53 bits per heavy atom. The third kappa shape index (κ3) is 7.28. The Bertz CT molecular complexity index is 745. The maximum atomic E-state index is 5.74. The normalized spacial score (nSPS) is 16.0. The summed E-state index contributed by atoms with van der Waals surface area (Å²) >= 11 is 0. The Kier molecular flexibility index (Phi) is 11.2. The summed E-state index contributed by atoms with van der Waals surface area (Å²) in [5.41, 5.74) is 2.43. The molecule has 1 atom stereocenters. The topological polar surface area (TPSA) is 62.0 Å². The van der Waals surface area contributed by atoms with Gasteiger partial charge in [0.25, 0.3) is 0 Å². The highest BCUT2D eigenvalue weighted by Crippen LogP contribution is 2.24. The van der Waals surface area contributed by atoms with Crippen LogP contribution in [0, 0.1) is 0 Å². The van der Waals surface area contributed by atoms with Crippen LogP contribution in [0.2, 0.25) is 0 Å². The Morgan fingerprint density at radius 1 is 1.10 bits per heavy atom. The molecule has 1 aliphatic rings. The van der Waals surface area contributed by atoms with E-state index in [0.717, 1.165) is 38.0 Å². The predicted octanol–water partition coefficient (Wildman–Crippen LogP) is 4.33. The summed E-state index contributed by atoms with van der Waals surface area (Å²) in [5.74, 6) is 1.81. The lowest BCUT2D eigenvalue weighted by atomic mass is 10.1. The Balaban J connectivity index is 0.00000320. The number of nitrogens with one attached hydrogen (secondary N) is 2. The third-order valence-electron chi connectivity index (χ3n) is 5.42. The molecule has 0 bridgehead atoms. The van der Waals surface area contributed by atoms with Gasteiger partial charge in [-0.25, -0.2) is 0 Å². The van der Waals surface area contributed by atoms with E-state index in [-0.39, 0.29) is 30.0 Å². The maximum absolute atomic E-state index is 5.74. The van der Waals surface area contributed by atoms with Gasteiger partial charge in [-0.1, -0.05) is 30.7 Å². The zero-order valence-electron chi connectivity index (χ0n) is 18.1. The summed E-state index contributed by atoms with van der Waals surface area (Å²) in [6, 6.07) is 12.6. The molecule has 1 fully saturated rings. The number of halogens is 1. The molecule has 2 N–H and O–H groups in total. The molecule has 2 aromatic rings. The lowest BCUT2D eigenvalue weighted by Crippen LogP contribution is -2.44. The Hall–Kier alpha value is -1.58. The largest absolute Gasteiger partial charge is 0.468 e. The van der Waals surface area contributed by atoms with Gasteiger partial charge in [0.2, 0.25) is 0 Å². The van der Waals surface area contributed by atoms with Gasteiger partial charge < -0.3 is 19.8 Å². The number of hydrogen-bond donors (Lipinski definition) is 2. The van der Waals surface area contributed by atoms with E-state index in [0.29, 0.717) is 13.2 Å². The second-order valence-corrected chi connectivity index (χ2v) is 7.34. The minimum absolute atomic E-state index is 0. The smallest absolute Gasteiger partial charge is 0.191 e. The number of nitrogens with zero attached hydrogens (tertiary/aromatic N) is 2. The summed E-state index contributed by atoms with van der Waals surface area (Å²) < 4.78 is 11.3. The van der Waals surface area contributed by atoms with Crippen molar-refractivity contribution in [3.05, 3.63) is 59.5 Å². The standard InChI is InChI=1S/C23H34N4O2.HI/c1-3-28-18-20-11-6-5-10-19(20)16-25-23(24-2)26-17-21(22-12-9-15-29-22)27-13-7-4-8-14-27;/h5-6,9-12,15,21H,3-4,7-8,13-14,16-18H2,1-2H3,(H2,24,25,26);1H. The van der Waals surface area contributed by atoms with Crippen LogP contribution in [0.3, 0.4) is 0 Å². The van der Waals surface area contributed by atoms with E-state index in [1.54, 1.807) is 6.26 Å². The highest BCUT2D eigenvalue weighted by atomic mass is 127. The van der Waals surface area contributed by atoms with E-state index in [1.165, 1.54) is 30.4 Å². The highest BCUT2D eigenvalue weighted by molar-refractivity contribution is 14.0. The number of furan rings is 1. The first kappa shape index (κ1) is 24.7. The van der Waals surface area contributed by atoms with Gasteiger partial charge in [0, 0.05) is 26.7 Å². The fourth-order valence-electron chi connectivity index (χ4n) is 3.80. The molecule has 166 valence electrons. The second kappa shape index (κ2) is 13.7. The monoisotopic (exact) mass is 526 g/mol. The lowest BCUT2D eigenvalue weighted by molar-refractivity contribution is 0.133. The van der Waals surface area contributed by atoms with E-state index in [9.17, 15) is 0 Å². The molecule has 1 aromatic heterocycles. The Morgan fingerprint density at radius 2 is 1.87 bits per heavy atom. The van der Waals surface area contributed by atoms with Crippen molar-refractivity contribution in [1.29, 1.82) is 0 Å². The number of piperidine rings is 1. The number of guanidine groups is 1. The van der Waals surface area contributed by atoms with Gasteiger partial charge in [0.05, 0.1) is 18.9 Å². The molecule has 30 heavy (non-hydrogen) atoms. The zero-order valence-corrected chi connectivity index (χ0v) is 20.4. The molecular weight excluding hydrogens is 491 g/mol. The van der Waals surface area contributed by atoms with Gasteiger partial charge in [-0.15, -0.1) is 24.0 Å². The minimum atomic E-state index is 0. The van der Waals surface area contributed by atoms with Crippen molar-refractivity contribution in [1.82, 2.24) is 15.5 Å². The Labute approximate surface area is 197 Å². The van der Waals surface area contributed by atoms with Gasteiger partial charge in [-0.05, 0) is 56.1 Å². The molecule has 2 heterocycles. The molecule has 0 radical (unpaired) electrons. The van der Waals surface area contributed by atoms with Crippen LogP contribution in [0.4, 0.5) is 0 Å². The van der Waals surface area contributed by atoms with Crippen LogP contribution in [-0.4, -0.2) is 44.1 Å². The van der Waals surface area contributed by atoms with Gasteiger partial charge in [-0.3, -0.25) is 9.89 Å². The quantitative estimate of drug-likeness (QED) is 0.290. The second-order valence-electron chi connectivity index (χ2n) is 7.34. The van der Waals surface area contributed by atoms with Gasteiger partial charge in [0.1, 0.15) is 5.76 Å². The summed E-state index contributed by atoms with van der Waals surface area (Å²) in [5, 5.41) is 6.93. The minimum Gasteiger partial charge on any atom is -0.468 e. The average Bonchev–Trinajstić information content (AvgIpc) is 3.30. The first-order valence-corrected chi connectivity index (χ1v) is 10.7. The number of likely N-dealkylation sites (tertiary alicyclic amines) is 1. The number of benzene rings is 1. The fraction of sp³-hybridized carbons (Fsp3) is 0.522. The predicted molar refractivity (Wildman–Crippen MR) is 132 cm³/mol. The van der Waals surface area contributed by atoms with Gasteiger partial charge >= 0.3 is 0 Å². The molecule has 0 saturated carbocycles. The average molecular weight is 526 g/mol. The zero-order chi connectivity index (χ0) is 20.3. The van der Waals surface area contributed by atoms with Crippen molar-refractivity contribution in [2.75, 3.05) is 33.3 Å². The van der Waals surface area contributed by atoms with E-state index in [2.05, 4.69) is 50.9 Å². The van der Waals surface area contributed by atoms with Crippen LogP contribution in [0.5, 0.6) is 0 Å². The molecular formula is C23H35IN4O2. The van der Waals surface area contributed by atoms with Crippen molar-refractivity contribution in [3.63, 3.8) is 0 Å². The number of aliphatic imine (C=N–C) groups is 1. The molecule has 1 aromatic carbocycles. The molecule has 3 rings (SSSR count). The molecule has 0 spiro atoms. The molecule has 1 aliphatic heterocycles. The van der Waals surface area contributed by atoms with Crippen molar-refractivity contribution in [2.24, 2.45) is 4.99 Å². The molecule has 0 aliphatic carbocycles. The highest BCUT2D eigenvalue weighted by Gasteiger charge is 2.24. The van der Waals surface area contributed by atoms with Crippen molar-refractivity contribution < 1.29 is 9.15 Å². The molecule has 7 heteroatoms. The summed E-state index contributed by atoms with van der Waals surface area (Å²) in [6.45, 7) is 7.07. The van der Waals surface area contributed by atoms with Gasteiger partial charge in [-0.2, -0.15) is 0 Å². The molecule has 0 amide bonds. The van der Waals surface area contributed by atoms with E-state index < -0.39 is 0 Å². The number of ether oxygens (including phenoxy) is 1. The van der Waals surface area contributed by atoms with E-state index >= 15 is 0 Å². The third-order valence-corrected chi connectivity index (χ3v) is 5.42. The van der Waals surface area contributed by atoms with Crippen LogP contribution in [-0.2, 0) is 17.9 Å². The van der Waals surface area contributed by atoms with Gasteiger partial charge in [0.15, 0.2) is 5.96 Å². The summed E-state index contributed by atoms with van der Waals surface area (Å²) in [7, 11) is 1.81. The number of hydrogen-bond acceptors (Lipinski definition) is 4. The molecule has 1 saturated heterocycles. The molecule has 1 unspecified atom stereocenters. The van der Waals surface area contributed by atoms with Crippen LogP contribution >= 0.6 is 24.0 Å². The van der Waals surface area contributed by atoms with Crippen molar-refractivity contribution in [3.8, 4) is 0 Å². The van der Waals surface area contributed by atoms with Crippen LogP contribution < -0.4 is 10.6 Å².